The number of aromatic nitrogens is 2. The van der Waals surface area contributed by atoms with Crippen LogP contribution in [-0.2, 0) is 10.0 Å². The average Bonchev–Trinajstić information content (AvgIpc) is 2.56. The third-order valence-corrected chi connectivity index (χ3v) is 6.31. The van der Waals surface area contributed by atoms with Crippen LogP contribution in [0.25, 0.3) is 10.9 Å². The van der Waals surface area contributed by atoms with E-state index in [2.05, 4.69) is 15.3 Å². The third-order valence-electron chi connectivity index (χ3n) is 4.42. The van der Waals surface area contributed by atoms with E-state index in [-0.39, 0.29) is 11.8 Å². The predicted octanol–water partition coefficient (Wildman–Crippen LogP) is 2.16. The molecule has 1 aromatic carbocycles. The van der Waals surface area contributed by atoms with Crippen LogP contribution >= 0.6 is 0 Å². The van der Waals surface area contributed by atoms with E-state index in [0.29, 0.717) is 13.1 Å². The molecule has 0 radical (unpaired) electrons. The Morgan fingerprint density at radius 2 is 2.00 bits per heavy atom. The van der Waals surface area contributed by atoms with Crippen LogP contribution in [0.15, 0.2) is 24.5 Å². The zero-order chi connectivity index (χ0) is 16.4. The zero-order valence-electron chi connectivity index (χ0n) is 13.5. The highest BCUT2D eigenvalue weighted by Gasteiger charge is 2.27. The van der Waals surface area contributed by atoms with Crippen LogP contribution < -0.4 is 5.32 Å². The summed E-state index contributed by atoms with van der Waals surface area (Å²) < 4.78 is 25.4. The quantitative estimate of drug-likeness (QED) is 0.927. The van der Waals surface area contributed by atoms with Crippen LogP contribution in [0.2, 0.25) is 0 Å². The first-order valence-corrected chi connectivity index (χ1v) is 9.57. The SMILES string of the molecule is CCS(=O)(=O)N1CCC(Nc2ncnc3cccc(C)c23)CC1. The smallest absolute Gasteiger partial charge is 0.213 e. The Labute approximate surface area is 137 Å². The monoisotopic (exact) mass is 334 g/mol. The van der Waals surface area contributed by atoms with Gasteiger partial charge in [0.15, 0.2) is 0 Å². The number of piperidine rings is 1. The van der Waals surface area contributed by atoms with Crippen LogP contribution in [0.5, 0.6) is 0 Å². The van der Waals surface area contributed by atoms with Crippen molar-refractivity contribution >= 4 is 26.7 Å². The number of sulfonamides is 1. The summed E-state index contributed by atoms with van der Waals surface area (Å²) in [6.45, 7) is 4.87. The Hall–Kier alpha value is -1.73. The lowest BCUT2D eigenvalue weighted by molar-refractivity contribution is 0.330. The molecule has 3 rings (SSSR count). The lowest BCUT2D eigenvalue weighted by Crippen LogP contribution is -2.43. The highest BCUT2D eigenvalue weighted by Crippen LogP contribution is 2.25. The fourth-order valence-electron chi connectivity index (χ4n) is 3.04. The molecule has 7 heteroatoms. The second-order valence-corrected chi connectivity index (χ2v) is 8.17. The molecule has 0 amide bonds. The van der Waals surface area contributed by atoms with Crippen LogP contribution in [-0.4, -0.2) is 47.6 Å². The van der Waals surface area contributed by atoms with Gasteiger partial charge in [0.05, 0.1) is 11.3 Å². The minimum absolute atomic E-state index is 0.167. The number of nitrogens with zero attached hydrogens (tertiary/aromatic N) is 3. The molecule has 0 spiro atoms. The lowest BCUT2D eigenvalue weighted by atomic mass is 10.1. The van der Waals surface area contributed by atoms with Crippen molar-refractivity contribution in [3.63, 3.8) is 0 Å². The first kappa shape index (κ1) is 16.1. The highest BCUT2D eigenvalue weighted by molar-refractivity contribution is 7.89. The van der Waals surface area contributed by atoms with Gasteiger partial charge in [0.25, 0.3) is 0 Å². The van der Waals surface area contributed by atoms with Gasteiger partial charge in [0, 0.05) is 24.5 Å². The molecule has 6 nitrogen and oxygen atoms in total. The Balaban J connectivity index is 1.75. The zero-order valence-corrected chi connectivity index (χ0v) is 14.3. The Kier molecular flexibility index (Phi) is 4.50. The number of aryl methyl sites for hydroxylation is 1. The molecule has 1 fully saturated rings. The molecule has 2 heterocycles. The molecular weight excluding hydrogens is 312 g/mol. The van der Waals surface area contributed by atoms with Crippen molar-refractivity contribution in [3.8, 4) is 0 Å². The standard InChI is InChI=1S/C16H22N4O2S/c1-3-23(21,22)20-9-7-13(8-10-20)19-16-15-12(2)5-4-6-14(15)17-11-18-16/h4-6,11,13H,3,7-10H2,1-2H3,(H,17,18,19). The lowest BCUT2D eigenvalue weighted by Gasteiger charge is -2.31. The Morgan fingerprint density at radius 3 is 2.70 bits per heavy atom. The van der Waals surface area contributed by atoms with Crippen molar-refractivity contribution in [2.75, 3.05) is 24.2 Å². The molecule has 1 aliphatic rings. The largest absolute Gasteiger partial charge is 0.367 e. The Bertz CT molecular complexity index is 794. The fraction of sp³-hybridized carbons (Fsp3) is 0.500. The van der Waals surface area contributed by atoms with Gasteiger partial charge < -0.3 is 5.32 Å². The maximum Gasteiger partial charge on any atom is 0.213 e. The van der Waals surface area contributed by atoms with Gasteiger partial charge in [0.1, 0.15) is 12.1 Å². The molecule has 1 saturated heterocycles. The van der Waals surface area contributed by atoms with E-state index in [0.717, 1.165) is 35.1 Å². The van der Waals surface area contributed by atoms with Crippen molar-refractivity contribution in [2.45, 2.75) is 32.7 Å². The molecule has 1 aliphatic heterocycles. The molecular formula is C16H22N4O2S. The third kappa shape index (κ3) is 3.30. The maximum atomic E-state index is 11.9. The number of hydrogen-bond donors (Lipinski definition) is 1. The van der Waals surface area contributed by atoms with E-state index in [1.807, 2.05) is 25.1 Å². The number of benzene rings is 1. The summed E-state index contributed by atoms with van der Waals surface area (Å²) in [4.78, 5) is 8.70. The Morgan fingerprint density at radius 1 is 1.26 bits per heavy atom. The van der Waals surface area contributed by atoms with Crippen LogP contribution in [0.3, 0.4) is 0 Å². The van der Waals surface area contributed by atoms with Gasteiger partial charge in [-0.05, 0) is 38.3 Å². The van der Waals surface area contributed by atoms with E-state index in [4.69, 9.17) is 0 Å². The fourth-order valence-corrected chi connectivity index (χ4v) is 4.18. The molecule has 23 heavy (non-hydrogen) atoms. The van der Waals surface area contributed by atoms with Crippen molar-refractivity contribution in [2.24, 2.45) is 0 Å². The van der Waals surface area contributed by atoms with E-state index < -0.39 is 10.0 Å². The topological polar surface area (TPSA) is 75.2 Å². The summed E-state index contributed by atoms with van der Waals surface area (Å²) in [6.07, 6.45) is 3.15. The second-order valence-electron chi connectivity index (χ2n) is 5.91. The van der Waals surface area contributed by atoms with Crippen molar-refractivity contribution < 1.29 is 8.42 Å². The summed E-state index contributed by atoms with van der Waals surface area (Å²) in [7, 11) is -3.08. The van der Waals surface area contributed by atoms with Gasteiger partial charge >= 0.3 is 0 Å². The van der Waals surface area contributed by atoms with Crippen molar-refractivity contribution in [1.29, 1.82) is 0 Å². The van der Waals surface area contributed by atoms with Crippen LogP contribution in [0, 0.1) is 6.92 Å². The summed E-state index contributed by atoms with van der Waals surface area (Å²) in [6, 6.07) is 6.25. The molecule has 0 atom stereocenters. The van der Waals surface area contributed by atoms with Gasteiger partial charge in [-0.3, -0.25) is 0 Å². The molecule has 2 aromatic rings. The molecule has 0 saturated carbocycles. The van der Waals surface area contributed by atoms with Gasteiger partial charge in [-0.15, -0.1) is 0 Å². The van der Waals surface area contributed by atoms with E-state index in [1.165, 1.54) is 0 Å². The normalized spacial score (nSPS) is 17.5. The minimum atomic E-state index is -3.08. The minimum Gasteiger partial charge on any atom is -0.367 e. The summed E-state index contributed by atoms with van der Waals surface area (Å²) in [5.74, 6) is 1.01. The summed E-state index contributed by atoms with van der Waals surface area (Å²) in [5.41, 5.74) is 2.06. The number of rotatable bonds is 4. The maximum absolute atomic E-state index is 11.9. The molecule has 0 unspecified atom stereocenters. The number of fused-ring (bicyclic) bond motifs is 1. The van der Waals surface area contributed by atoms with Gasteiger partial charge in [-0.2, -0.15) is 0 Å². The molecule has 1 aromatic heterocycles. The van der Waals surface area contributed by atoms with Crippen molar-refractivity contribution in [3.05, 3.63) is 30.1 Å². The van der Waals surface area contributed by atoms with Gasteiger partial charge in [-0.25, -0.2) is 22.7 Å². The van der Waals surface area contributed by atoms with Gasteiger partial charge in [-0.1, -0.05) is 12.1 Å². The number of nitrogens with one attached hydrogen (secondary N) is 1. The first-order valence-electron chi connectivity index (χ1n) is 7.96. The second kappa shape index (κ2) is 6.41. The summed E-state index contributed by atoms with van der Waals surface area (Å²) >= 11 is 0. The highest BCUT2D eigenvalue weighted by atomic mass is 32.2. The molecule has 0 bridgehead atoms. The average molecular weight is 334 g/mol. The molecule has 1 N–H and O–H groups in total. The van der Waals surface area contributed by atoms with E-state index >= 15 is 0 Å². The van der Waals surface area contributed by atoms with E-state index in [9.17, 15) is 8.42 Å². The first-order chi connectivity index (χ1) is 11.0. The van der Waals surface area contributed by atoms with Crippen LogP contribution in [0.4, 0.5) is 5.82 Å². The molecule has 0 aliphatic carbocycles. The summed E-state index contributed by atoms with van der Waals surface area (Å²) in [5, 5.41) is 4.52. The van der Waals surface area contributed by atoms with E-state index in [1.54, 1.807) is 17.6 Å². The number of hydrogen-bond acceptors (Lipinski definition) is 5. The van der Waals surface area contributed by atoms with Crippen LogP contribution in [0.1, 0.15) is 25.3 Å². The predicted molar refractivity (Wildman–Crippen MR) is 92.0 cm³/mol. The number of anilines is 1. The molecule has 124 valence electrons. The van der Waals surface area contributed by atoms with Gasteiger partial charge in [0.2, 0.25) is 10.0 Å². The van der Waals surface area contributed by atoms with Crippen molar-refractivity contribution in [1.82, 2.24) is 14.3 Å².